The topological polar surface area (TPSA) is 53.3 Å². The van der Waals surface area contributed by atoms with E-state index in [9.17, 15) is 0 Å². The van der Waals surface area contributed by atoms with Gasteiger partial charge in [-0.05, 0) is 6.92 Å². The second-order valence-corrected chi connectivity index (χ2v) is 2.15. The zero-order chi connectivity index (χ0) is 6.20. The lowest BCUT2D eigenvalue weighted by Gasteiger charge is -2.35. The van der Waals surface area contributed by atoms with Gasteiger partial charge in [0.05, 0.1) is 13.2 Å². The smallest absolute Gasteiger partial charge is 0.148 e. The minimum Gasteiger partial charge on any atom is -0.379 e. The maximum Gasteiger partial charge on any atom is 0.148 e. The van der Waals surface area contributed by atoms with Crippen LogP contribution in [0.4, 0.5) is 0 Å². The van der Waals surface area contributed by atoms with Crippen molar-refractivity contribution < 1.29 is 9.84 Å². The van der Waals surface area contributed by atoms with Crippen molar-refractivity contribution in [3.05, 3.63) is 0 Å². The van der Waals surface area contributed by atoms with Crippen molar-refractivity contribution in [2.75, 3.05) is 13.2 Å². The van der Waals surface area contributed by atoms with Crippen LogP contribution in [0.1, 0.15) is 6.92 Å². The molecule has 1 saturated heterocycles. The lowest BCUT2D eigenvalue weighted by molar-refractivity contribution is -0.134. The molecular formula is C5H9NO2. The highest BCUT2D eigenvalue weighted by Crippen LogP contribution is 2.16. The summed E-state index contributed by atoms with van der Waals surface area (Å²) in [5.74, 6) is 0. The van der Waals surface area contributed by atoms with Gasteiger partial charge < -0.3 is 15.3 Å². The highest BCUT2D eigenvalue weighted by Gasteiger charge is 2.38. The minimum atomic E-state index is -0.917. The third-order valence-electron chi connectivity index (χ3n) is 1.38. The molecule has 3 nitrogen and oxygen atoms in total. The monoisotopic (exact) mass is 115 g/mol. The van der Waals surface area contributed by atoms with Gasteiger partial charge in [-0.2, -0.15) is 0 Å². The van der Waals surface area contributed by atoms with E-state index in [1.807, 2.05) is 0 Å². The summed E-state index contributed by atoms with van der Waals surface area (Å²) in [6.07, 6.45) is 0. The van der Waals surface area contributed by atoms with E-state index in [4.69, 9.17) is 15.3 Å². The molecule has 3 heteroatoms. The van der Waals surface area contributed by atoms with Gasteiger partial charge in [0, 0.05) is 5.71 Å². The molecule has 46 valence electrons. The molecule has 1 heterocycles. The van der Waals surface area contributed by atoms with E-state index in [1.54, 1.807) is 6.92 Å². The molecule has 1 aliphatic rings. The van der Waals surface area contributed by atoms with Crippen LogP contribution in [-0.2, 0) is 4.74 Å². The van der Waals surface area contributed by atoms with E-state index in [2.05, 4.69) is 0 Å². The highest BCUT2D eigenvalue weighted by molar-refractivity contribution is 5.88. The van der Waals surface area contributed by atoms with Gasteiger partial charge in [0.25, 0.3) is 0 Å². The molecule has 0 radical (unpaired) electrons. The van der Waals surface area contributed by atoms with Crippen LogP contribution in [0, 0.1) is 5.41 Å². The van der Waals surface area contributed by atoms with Crippen LogP contribution in [0.3, 0.4) is 0 Å². The molecule has 0 spiro atoms. The van der Waals surface area contributed by atoms with E-state index in [0.29, 0.717) is 18.9 Å². The fourth-order valence-electron chi connectivity index (χ4n) is 0.512. The molecule has 0 aromatic heterocycles. The normalized spacial score (nSPS) is 24.2. The Morgan fingerprint density at radius 3 is 2.25 bits per heavy atom. The third-order valence-corrected chi connectivity index (χ3v) is 1.38. The molecule has 2 N–H and O–H groups in total. The molecule has 0 unspecified atom stereocenters. The molecule has 0 saturated carbocycles. The molecule has 1 aliphatic heterocycles. The van der Waals surface area contributed by atoms with Crippen molar-refractivity contribution in [1.82, 2.24) is 0 Å². The van der Waals surface area contributed by atoms with Gasteiger partial charge in [-0.15, -0.1) is 0 Å². The van der Waals surface area contributed by atoms with Crippen molar-refractivity contribution in [3.63, 3.8) is 0 Å². The van der Waals surface area contributed by atoms with Crippen LogP contribution < -0.4 is 0 Å². The Bertz CT molecular complexity index is 118. The Morgan fingerprint density at radius 2 is 2.25 bits per heavy atom. The minimum absolute atomic E-state index is 0.294. The molecule has 1 fully saturated rings. The summed E-state index contributed by atoms with van der Waals surface area (Å²) in [7, 11) is 0. The Labute approximate surface area is 47.8 Å². The third kappa shape index (κ3) is 0.638. The van der Waals surface area contributed by atoms with Crippen LogP contribution >= 0.6 is 0 Å². The summed E-state index contributed by atoms with van der Waals surface area (Å²) < 4.78 is 4.71. The van der Waals surface area contributed by atoms with E-state index >= 15 is 0 Å². The fourth-order valence-corrected chi connectivity index (χ4v) is 0.512. The number of ether oxygens (including phenoxy) is 1. The first-order chi connectivity index (χ1) is 3.65. The lowest BCUT2D eigenvalue weighted by Crippen LogP contribution is -2.54. The van der Waals surface area contributed by atoms with E-state index in [1.165, 1.54) is 0 Å². The Hall–Kier alpha value is -0.410. The molecule has 0 bridgehead atoms. The van der Waals surface area contributed by atoms with E-state index in [-0.39, 0.29) is 0 Å². The summed E-state index contributed by atoms with van der Waals surface area (Å²) in [5, 5.41) is 16.2. The maximum absolute atomic E-state index is 9.14. The summed E-state index contributed by atoms with van der Waals surface area (Å²) in [5.41, 5.74) is -0.622. The number of rotatable bonds is 1. The second-order valence-electron chi connectivity index (χ2n) is 2.15. The number of hydrogen-bond acceptors (Lipinski definition) is 3. The molecule has 8 heavy (non-hydrogen) atoms. The quantitative estimate of drug-likeness (QED) is 0.464. The number of nitrogens with one attached hydrogen (secondary N) is 1. The summed E-state index contributed by atoms with van der Waals surface area (Å²) in [6, 6.07) is 0. The van der Waals surface area contributed by atoms with Crippen molar-refractivity contribution in [2.24, 2.45) is 0 Å². The molecule has 0 aromatic carbocycles. The van der Waals surface area contributed by atoms with Gasteiger partial charge >= 0.3 is 0 Å². The average Bonchev–Trinajstić information content (AvgIpc) is 1.60. The zero-order valence-corrected chi connectivity index (χ0v) is 4.77. The van der Waals surface area contributed by atoms with Gasteiger partial charge in [0.1, 0.15) is 5.60 Å². The predicted octanol–water partition coefficient (Wildman–Crippen LogP) is -0.213. The van der Waals surface area contributed by atoms with E-state index < -0.39 is 5.60 Å². The Balaban J connectivity index is 2.53. The molecule has 1 rings (SSSR count). The fraction of sp³-hybridized carbons (Fsp3) is 0.800. The van der Waals surface area contributed by atoms with E-state index in [0.717, 1.165) is 0 Å². The average molecular weight is 115 g/mol. The SMILES string of the molecule is CC(=N)C1(O)COC1. The van der Waals surface area contributed by atoms with Crippen LogP contribution in [0.5, 0.6) is 0 Å². The molecule has 0 aromatic rings. The van der Waals surface area contributed by atoms with Gasteiger partial charge in [0.15, 0.2) is 0 Å². The van der Waals surface area contributed by atoms with Gasteiger partial charge in [-0.1, -0.05) is 0 Å². The van der Waals surface area contributed by atoms with Gasteiger partial charge in [0.2, 0.25) is 0 Å². The zero-order valence-electron chi connectivity index (χ0n) is 4.77. The van der Waals surface area contributed by atoms with Gasteiger partial charge in [-0.3, -0.25) is 0 Å². The first-order valence-corrected chi connectivity index (χ1v) is 2.51. The number of hydrogen-bond donors (Lipinski definition) is 2. The summed E-state index contributed by atoms with van der Waals surface area (Å²) in [6.45, 7) is 2.17. The van der Waals surface area contributed by atoms with Crippen molar-refractivity contribution in [2.45, 2.75) is 12.5 Å². The molecular weight excluding hydrogens is 106 g/mol. The maximum atomic E-state index is 9.14. The lowest BCUT2D eigenvalue weighted by atomic mass is 9.97. The Kier molecular flexibility index (Phi) is 1.10. The largest absolute Gasteiger partial charge is 0.379 e. The Morgan fingerprint density at radius 1 is 1.75 bits per heavy atom. The second kappa shape index (κ2) is 1.53. The number of aliphatic hydroxyl groups is 1. The standard InChI is InChI=1S/C5H9NO2/c1-4(6)5(7)2-8-3-5/h6-7H,2-3H2,1H3. The first kappa shape index (κ1) is 5.72. The van der Waals surface area contributed by atoms with Crippen LogP contribution in [-0.4, -0.2) is 29.6 Å². The van der Waals surface area contributed by atoms with Crippen LogP contribution in [0.25, 0.3) is 0 Å². The van der Waals surface area contributed by atoms with Crippen LogP contribution in [0.15, 0.2) is 0 Å². The molecule has 0 atom stereocenters. The van der Waals surface area contributed by atoms with Gasteiger partial charge in [-0.25, -0.2) is 0 Å². The van der Waals surface area contributed by atoms with Crippen molar-refractivity contribution >= 4 is 5.71 Å². The first-order valence-electron chi connectivity index (χ1n) is 2.51. The summed E-state index contributed by atoms with van der Waals surface area (Å²) >= 11 is 0. The molecule has 0 amide bonds. The predicted molar refractivity (Wildman–Crippen MR) is 29.2 cm³/mol. The molecule has 0 aliphatic carbocycles. The highest BCUT2D eigenvalue weighted by atomic mass is 16.5. The summed E-state index contributed by atoms with van der Waals surface area (Å²) in [4.78, 5) is 0. The van der Waals surface area contributed by atoms with Crippen molar-refractivity contribution in [3.8, 4) is 0 Å². The van der Waals surface area contributed by atoms with Crippen molar-refractivity contribution in [1.29, 1.82) is 5.41 Å². The van der Waals surface area contributed by atoms with Crippen LogP contribution in [0.2, 0.25) is 0 Å².